The van der Waals surface area contributed by atoms with E-state index in [9.17, 15) is 9.59 Å². The number of hydrogen-bond acceptors (Lipinski definition) is 3. The van der Waals surface area contributed by atoms with Crippen molar-refractivity contribution in [1.82, 2.24) is 19.2 Å². The van der Waals surface area contributed by atoms with Crippen molar-refractivity contribution in [2.75, 3.05) is 0 Å². The van der Waals surface area contributed by atoms with Gasteiger partial charge in [-0.2, -0.15) is 5.10 Å². The van der Waals surface area contributed by atoms with Gasteiger partial charge in [0.1, 0.15) is 5.82 Å². The Hall–Kier alpha value is -3.64. The van der Waals surface area contributed by atoms with E-state index in [1.54, 1.807) is 29.2 Å². The number of ketones is 1. The molecule has 0 N–H and O–H groups in total. The van der Waals surface area contributed by atoms with Crippen molar-refractivity contribution in [3.8, 4) is 11.5 Å². The van der Waals surface area contributed by atoms with Crippen molar-refractivity contribution >= 4 is 23.3 Å². The van der Waals surface area contributed by atoms with Gasteiger partial charge in [-0.3, -0.25) is 9.59 Å². The van der Waals surface area contributed by atoms with Crippen molar-refractivity contribution < 1.29 is 9.59 Å². The molecule has 4 aromatic rings. The first-order valence-electron chi connectivity index (χ1n) is 10.9. The van der Waals surface area contributed by atoms with E-state index < -0.39 is 0 Å². The number of rotatable bonds is 6. The lowest BCUT2D eigenvalue weighted by Gasteiger charge is -2.17. The molecular formula is C26H23ClN4O2. The number of aromatic nitrogens is 3. The Morgan fingerprint density at radius 1 is 0.970 bits per heavy atom. The summed E-state index contributed by atoms with van der Waals surface area (Å²) in [5.41, 5.74) is 4.63. The van der Waals surface area contributed by atoms with Crippen molar-refractivity contribution in [1.29, 1.82) is 0 Å². The van der Waals surface area contributed by atoms with Gasteiger partial charge in [0, 0.05) is 41.4 Å². The molecule has 0 radical (unpaired) electrons. The summed E-state index contributed by atoms with van der Waals surface area (Å²) < 4.78 is 3.98. The van der Waals surface area contributed by atoms with E-state index in [4.69, 9.17) is 16.7 Å². The zero-order valence-corrected chi connectivity index (χ0v) is 19.0. The fourth-order valence-electron chi connectivity index (χ4n) is 4.22. The van der Waals surface area contributed by atoms with Gasteiger partial charge in [0.05, 0.1) is 24.5 Å². The minimum Gasteiger partial charge on any atom is -0.332 e. The molecule has 0 fully saturated rings. The summed E-state index contributed by atoms with van der Waals surface area (Å²) in [6, 6.07) is 18.9. The number of halogens is 1. The maximum absolute atomic E-state index is 12.9. The molecule has 0 spiro atoms. The minimum absolute atomic E-state index is 0.0455. The fraction of sp³-hybridized carbons (Fsp3) is 0.192. The average Bonchev–Trinajstić information content (AvgIpc) is 3.54. The molecule has 5 rings (SSSR count). The number of aryl methyl sites for hydroxylation is 1. The first-order valence-corrected chi connectivity index (χ1v) is 11.2. The Labute approximate surface area is 197 Å². The highest BCUT2D eigenvalue weighted by molar-refractivity contribution is 6.30. The summed E-state index contributed by atoms with van der Waals surface area (Å²) in [7, 11) is 0. The van der Waals surface area contributed by atoms with Gasteiger partial charge in [0.25, 0.3) is 0 Å². The fourth-order valence-corrected chi connectivity index (χ4v) is 4.34. The largest absolute Gasteiger partial charge is 0.332 e. The highest BCUT2D eigenvalue weighted by Gasteiger charge is 2.31. The lowest BCUT2D eigenvalue weighted by molar-refractivity contribution is -0.131. The molecule has 33 heavy (non-hydrogen) atoms. The van der Waals surface area contributed by atoms with Crippen LogP contribution in [0.4, 0.5) is 0 Å². The molecule has 0 aliphatic carbocycles. The SMILES string of the molecule is Cc1cccc(-n2nc3c(c2-n2cccc2)CN(C(=O)CCC(=O)c2ccc(Cl)cc2)C3)c1. The molecule has 1 aliphatic heterocycles. The predicted molar refractivity (Wildman–Crippen MR) is 127 cm³/mol. The van der Waals surface area contributed by atoms with Crippen LogP contribution in [0.1, 0.15) is 40.0 Å². The lowest BCUT2D eigenvalue weighted by atomic mass is 10.1. The number of amides is 1. The molecule has 2 aromatic heterocycles. The third kappa shape index (κ3) is 4.22. The third-order valence-corrected chi connectivity index (χ3v) is 6.16. The number of benzene rings is 2. The highest BCUT2D eigenvalue weighted by atomic mass is 35.5. The predicted octanol–water partition coefficient (Wildman–Crippen LogP) is 5.13. The maximum Gasteiger partial charge on any atom is 0.223 e. The Kier molecular flexibility index (Phi) is 5.60. The van der Waals surface area contributed by atoms with Crippen LogP contribution in [0, 0.1) is 6.92 Å². The minimum atomic E-state index is -0.0605. The van der Waals surface area contributed by atoms with Crippen molar-refractivity contribution in [2.45, 2.75) is 32.9 Å². The molecule has 2 aromatic carbocycles. The van der Waals surface area contributed by atoms with Crippen LogP contribution < -0.4 is 0 Å². The molecule has 0 atom stereocenters. The number of fused-ring (bicyclic) bond motifs is 1. The number of carbonyl (C=O) groups is 2. The van der Waals surface area contributed by atoms with Crippen LogP contribution in [0.3, 0.4) is 0 Å². The maximum atomic E-state index is 12.9. The first-order chi connectivity index (χ1) is 16.0. The van der Waals surface area contributed by atoms with Crippen LogP contribution in [-0.2, 0) is 17.9 Å². The number of hydrogen-bond donors (Lipinski definition) is 0. The van der Waals surface area contributed by atoms with Gasteiger partial charge in [0.2, 0.25) is 5.91 Å². The Balaban J connectivity index is 1.34. The van der Waals surface area contributed by atoms with E-state index in [0.717, 1.165) is 28.3 Å². The van der Waals surface area contributed by atoms with Gasteiger partial charge in [-0.15, -0.1) is 0 Å². The van der Waals surface area contributed by atoms with E-state index in [-0.39, 0.29) is 24.5 Å². The van der Waals surface area contributed by atoms with Gasteiger partial charge in [-0.25, -0.2) is 4.68 Å². The molecule has 7 heteroatoms. The van der Waals surface area contributed by atoms with Gasteiger partial charge in [-0.1, -0.05) is 23.7 Å². The van der Waals surface area contributed by atoms with Gasteiger partial charge < -0.3 is 9.47 Å². The molecule has 6 nitrogen and oxygen atoms in total. The Bertz CT molecular complexity index is 1320. The smallest absolute Gasteiger partial charge is 0.223 e. The summed E-state index contributed by atoms with van der Waals surface area (Å²) in [6.07, 6.45) is 4.31. The topological polar surface area (TPSA) is 60.1 Å². The van der Waals surface area contributed by atoms with Gasteiger partial charge >= 0.3 is 0 Å². The second kappa shape index (κ2) is 8.71. The van der Waals surface area contributed by atoms with Crippen molar-refractivity contribution in [3.05, 3.63) is 100 Å². The number of nitrogens with zero attached hydrogens (tertiary/aromatic N) is 4. The van der Waals surface area contributed by atoms with Crippen LogP contribution >= 0.6 is 11.6 Å². The Morgan fingerprint density at radius 3 is 2.45 bits per heavy atom. The van der Waals surface area contributed by atoms with Gasteiger partial charge in [0.15, 0.2) is 5.78 Å². The molecule has 0 bridgehead atoms. The van der Waals surface area contributed by atoms with E-state index in [1.807, 2.05) is 45.9 Å². The first kappa shape index (κ1) is 21.2. The van der Waals surface area contributed by atoms with Gasteiger partial charge in [-0.05, 0) is 61.0 Å². The second-order valence-electron chi connectivity index (χ2n) is 8.27. The second-order valence-corrected chi connectivity index (χ2v) is 8.71. The Morgan fingerprint density at radius 2 is 1.73 bits per heavy atom. The molecule has 0 saturated carbocycles. The third-order valence-electron chi connectivity index (χ3n) is 5.91. The van der Waals surface area contributed by atoms with Crippen LogP contribution in [0.15, 0.2) is 73.1 Å². The van der Waals surface area contributed by atoms with Crippen molar-refractivity contribution in [3.63, 3.8) is 0 Å². The standard InChI is InChI=1S/C26H23ClN4O2/c1-18-5-4-6-21(15-18)31-26(29-13-2-3-14-29)22-16-30(17-23(22)28-31)25(33)12-11-24(32)19-7-9-20(27)10-8-19/h2-10,13-15H,11-12,16-17H2,1H3. The van der Waals surface area contributed by atoms with Crippen LogP contribution in [-0.4, -0.2) is 30.9 Å². The average molecular weight is 459 g/mol. The van der Waals surface area contributed by atoms with E-state index in [1.165, 1.54) is 0 Å². The summed E-state index contributed by atoms with van der Waals surface area (Å²) in [5, 5.41) is 5.45. The molecular weight excluding hydrogens is 436 g/mol. The molecule has 0 unspecified atom stereocenters. The van der Waals surface area contributed by atoms with Crippen LogP contribution in [0.5, 0.6) is 0 Å². The lowest BCUT2D eigenvalue weighted by Crippen LogP contribution is -2.26. The molecule has 3 heterocycles. The van der Waals surface area contributed by atoms with Crippen LogP contribution in [0.2, 0.25) is 5.02 Å². The van der Waals surface area contributed by atoms with E-state index in [0.29, 0.717) is 23.7 Å². The normalized spacial score (nSPS) is 12.7. The van der Waals surface area contributed by atoms with Crippen molar-refractivity contribution in [2.24, 2.45) is 0 Å². The molecule has 166 valence electrons. The monoisotopic (exact) mass is 458 g/mol. The molecule has 1 aliphatic rings. The van der Waals surface area contributed by atoms with Crippen LogP contribution in [0.25, 0.3) is 11.5 Å². The molecule has 0 saturated heterocycles. The molecule has 1 amide bonds. The van der Waals surface area contributed by atoms with E-state index >= 15 is 0 Å². The summed E-state index contributed by atoms with van der Waals surface area (Å²) in [5.74, 6) is 0.832. The number of Topliss-reactive ketones (excluding diaryl/α,β-unsaturated/α-hetero) is 1. The zero-order valence-electron chi connectivity index (χ0n) is 18.2. The quantitative estimate of drug-likeness (QED) is 0.376. The highest BCUT2D eigenvalue weighted by Crippen LogP contribution is 2.31. The summed E-state index contributed by atoms with van der Waals surface area (Å²) >= 11 is 5.89. The zero-order chi connectivity index (χ0) is 22.9. The number of carbonyl (C=O) groups excluding carboxylic acids is 2. The summed E-state index contributed by atoms with van der Waals surface area (Å²) in [6.45, 7) is 2.97. The summed E-state index contributed by atoms with van der Waals surface area (Å²) in [4.78, 5) is 27.1. The van der Waals surface area contributed by atoms with E-state index in [2.05, 4.69) is 19.1 Å².